The van der Waals surface area contributed by atoms with Crippen LogP contribution in [0.4, 0.5) is 5.69 Å². The number of hydrogen-bond acceptors (Lipinski definition) is 5. The minimum atomic E-state index is -4.15. The lowest BCUT2D eigenvalue weighted by Gasteiger charge is -2.39. The van der Waals surface area contributed by atoms with Gasteiger partial charge in [-0.25, -0.2) is 0 Å². The van der Waals surface area contributed by atoms with Crippen molar-refractivity contribution in [2.75, 3.05) is 24.2 Å². The van der Waals surface area contributed by atoms with Gasteiger partial charge in [-0.1, -0.05) is 63.2 Å². The van der Waals surface area contributed by atoms with Gasteiger partial charge in [-0.3, -0.25) is 14.1 Å². The lowest BCUT2D eigenvalue weighted by Crippen LogP contribution is -2.35. The summed E-state index contributed by atoms with van der Waals surface area (Å²) in [6, 6.07) is 23.0. The highest BCUT2D eigenvalue weighted by Gasteiger charge is 2.35. The average molecular weight is 645 g/mol. The van der Waals surface area contributed by atoms with Crippen LogP contribution in [0.25, 0.3) is 11.6 Å². The van der Waals surface area contributed by atoms with E-state index in [9.17, 15) is 18.0 Å². The molecule has 1 atom stereocenters. The third-order valence-corrected chi connectivity index (χ3v) is 10.1. The molecule has 3 N–H and O–H groups in total. The molecular formula is C37H44N2O6S. The van der Waals surface area contributed by atoms with E-state index in [1.165, 1.54) is 0 Å². The van der Waals surface area contributed by atoms with Crippen molar-refractivity contribution in [3.05, 3.63) is 95.1 Å². The molecular weight excluding hydrogens is 600 g/mol. The molecule has 1 saturated carbocycles. The van der Waals surface area contributed by atoms with Crippen molar-refractivity contribution in [2.45, 2.75) is 52.9 Å². The smallest absolute Gasteiger partial charge is 0.266 e. The Morgan fingerprint density at radius 1 is 0.935 bits per heavy atom. The monoisotopic (exact) mass is 644 g/mol. The third-order valence-electron chi connectivity index (χ3n) is 9.37. The molecule has 46 heavy (non-hydrogen) atoms. The molecule has 1 heterocycles. The molecule has 0 bridgehead atoms. The maximum Gasteiger partial charge on any atom is 0.266 e. The van der Waals surface area contributed by atoms with E-state index < -0.39 is 21.8 Å². The summed E-state index contributed by atoms with van der Waals surface area (Å²) in [5.41, 5.74) is 5.50. The number of ether oxygens (including phenoxy) is 1. The van der Waals surface area contributed by atoms with Gasteiger partial charge in [-0.05, 0) is 102 Å². The van der Waals surface area contributed by atoms with Gasteiger partial charge in [0.2, 0.25) is 5.91 Å². The summed E-state index contributed by atoms with van der Waals surface area (Å²) in [7, 11) is -4.15. The quantitative estimate of drug-likeness (QED) is 0.207. The van der Waals surface area contributed by atoms with Crippen molar-refractivity contribution in [1.29, 1.82) is 0 Å². The number of carbonyl (C=O) groups is 2. The normalized spacial score (nSPS) is 18.8. The van der Waals surface area contributed by atoms with Crippen molar-refractivity contribution in [3.8, 4) is 5.75 Å². The van der Waals surface area contributed by atoms with Crippen molar-refractivity contribution < 1.29 is 27.3 Å². The summed E-state index contributed by atoms with van der Waals surface area (Å²) in [6.45, 7) is 7.19. The number of nitrogens with one attached hydrogen (secondary N) is 2. The predicted octanol–water partition coefficient (Wildman–Crippen LogP) is 6.89. The van der Waals surface area contributed by atoms with E-state index in [2.05, 4.69) is 37.5 Å². The van der Waals surface area contributed by atoms with Crippen molar-refractivity contribution in [3.63, 3.8) is 0 Å². The SMILES string of the molecule is CC(C)(C)C1CCC(C(Cc2ccc(C(=O)NCCS(=O)(=O)O)cc2)C(=O)Nc2ccc(C3=Cc4ccccc4OC3)cc2)CC1. The van der Waals surface area contributed by atoms with Crippen LogP contribution in [0.5, 0.6) is 5.75 Å². The molecule has 2 amide bonds. The minimum Gasteiger partial charge on any atom is -0.488 e. The Hall–Kier alpha value is -3.95. The van der Waals surface area contributed by atoms with E-state index >= 15 is 0 Å². The van der Waals surface area contributed by atoms with Gasteiger partial charge in [0.1, 0.15) is 12.4 Å². The fraction of sp³-hybridized carbons (Fsp3) is 0.405. The summed E-state index contributed by atoms with van der Waals surface area (Å²) < 4.78 is 36.7. The van der Waals surface area contributed by atoms with E-state index in [1.807, 2.05) is 60.7 Å². The number of carbonyl (C=O) groups excluding carboxylic acids is 2. The highest BCUT2D eigenvalue weighted by atomic mass is 32.2. The molecule has 0 saturated heterocycles. The maximum atomic E-state index is 13.9. The Labute approximate surface area is 272 Å². The number of amides is 2. The Morgan fingerprint density at radius 2 is 1.61 bits per heavy atom. The molecule has 3 aromatic carbocycles. The van der Waals surface area contributed by atoms with Gasteiger partial charge in [0.05, 0.1) is 5.75 Å². The highest BCUT2D eigenvalue weighted by Crippen LogP contribution is 2.43. The first kappa shape index (κ1) is 33.4. The fourth-order valence-corrected chi connectivity index (χ4v) is 6.95. The summed E-state index contributed by atoms with van der Waals surface area (Å²) in [6.07, 6.45) is 6.85. The van der Waals surface area contributed by atoms with Gasteiger partial charge >= 0.3 is 0 Å². The molecule has 1 aliphatic carbocycles. The van der Waals surface area contributed by atoms with Crippen LogP contribution >= 0.6 is 0 Å². The van der Waals surface area contributed by atoms with E-state index in [0.717, 1.165) is 59.4 Å². The number of rotatable bonds is 10. The molecule has 0 aromatic heterocycles. The van der Waals surface area contributed by atoms with Crippen LogP contribution in [-0.4, -0.2) is 43.7 Å². The van der Waals surface area contributed by atoms with E-state index in [0.29, 0.717) is 24.5 Å². The maximum absolute atomic E-state index is 13.9. The number of fused-ring (bicyclic) bond motifs is 1. The van der Waals surface area contributed by atoms with Crippen LogP contribution in [0.1, 0.15) is 73.5 Å². The summed E-state index contributed by atoms with van der Waals surface area (Å²) in [5, 5.41) is 5.69. The highest BCUT2D eigenvalue weighted by molar-refractivity contribution is 7.85. The van der Waals surface area contributed by atoms with Gasteiger partial charge in [-0.15, -0.1) is 0 Å². The summed E-state index contributed by atoms with van der Waals surface area (Å²) >= 11 is 0. The zero-order chi connectivity index (χ0) is 32.9. The molecule has 1 aliphatic heterocycles. The van der Waals surface area contributed by atoms with Gasteiger partial charge in [-0.2, -0.15) is 8.42 Å². The van der Waals surface area contributed by atoms with Crippen LogP contribution in [-0.2, 0) is 21.3 Å². The predicted molar refractivity (Wildman–Crippen MR) is 182 cm³/mol. The minimum absolute atomic E-state index is 0.00636. The lowest BCUT2D eigenvalue weighted by atomic mass is 9.66. The first-order valence-electron chi connectivity index (χ1n) is 16.0. The Balaban J connectivity index is 1.27. The largest absolute Gasteiger partial charge is 0.488 e. The number of benzene rings is 3. The zero-order valence-corrected chi connectivity index (χ0v) is 27.6. The van der Waals surface area contributed by atoms with Crippen LogP contribution in [0.3, 0.4) is 0 Å². The van der Waals surface area contributed by atoms with Crippen LogP contribution in [0, 0.1) is 23.2 Å². The lowest BCUT2D eigenvalue weighted by molar-refractivity contribution is -0.122. The topological polar surface area (TPSA) is 122 Å². The van der Waals surface area contributed by atoms with Crippen molar-refractivity contribution >= 4 is 39.3 Å². The Kier molecular flexibility index (Phi) is 10.3. The molecule has 2 aliphatic rings. The number of hydrogen-bond donors (Lipinski definition) is 3. The van der Waals surface area contributed by atoms with E-state index in [1.54, 1.807) is 12.1 Å². The molecule has 3 aromatic rings. The standard InChI is InChI=1S/C37H44N2O6S/c1-37(2,3)31-16-12-27(13-17-31)33(22-25-8-10-28(11-9-25)35(40)38-20-21-46(42,43)44)36(41)39-32-18-14-26(15-19-32)30-23-29-6-4-5-7-34(29)45-24-30/h4-11,14-15,18-19,23,27,31,33H,12-13,16-17,20-22,24H2,1-3H3,(H,38,40)(H,39,41)(H,42,43,44). The van der Waals surface area contributed by atoms with E-state index in [-0.39, 0.29) is 29.7 Å². The van der Waals surface area contributed by atoms with Crippen LogP contribution < -0.4 is 15.4 Å². The molecule has 1 fully saturated rings. The number of para-hydroxylation sites is 1. The molecule has 8 nitrogen and oxygen atoms in total. The number of anilines is 1. The van der Waals surface area contributed by atoms with Gasteiger partial charge in [0.15, 0.2) is 0 Å². The Bertz CT molecular complexity index is 1670. The zero-order valence-electron chi connectivity index (χ0n) is 26.8. The molecule has 9 heteroatoms. The van der Waals surface area contributed by atoms with E-state index in [4.69, 9.17) is 9.29 Å². The third kappa shape index (κ3) is 8.85. The van der Waals surface area contributed by atoms with Gasteiger partial charge < -0.3 is 15.4 Å². The molecule has 244 valence electrons. The van der Waals surface area contributed by atoms with Crippen LogP contribution in [0.15, 0.2) is 72.8 Å². The average Bonchev–Trinajstić information content (AvgIpc) is 3.03. The fourth-order valence-electron chi connectivity index (χ4n) is 6.59. The summed E-state index contributed by atoms with van der Waals surface area (Å²) in [4.78, 5) is 26.4. The molecule has 0 radical (unpaired) electrons. The molecule has 0 spiro atoms. The van der Waals surface area contributed by atoms with Gasteiger partial charge in [0, 0.05) is 29.3 Å². The first-order chi connectivity index (χ1) is 21.9. The summed E-state index contributed by atoms with van der Waals surface area (Å²) in [5.74, 6) is 0.539. The van der Waals surface area contributed by atoms with Crippen molar-refractivity contribution in [1.82, 2.24) is 5.32 Å². The second-order valence-electron chi connectivity index (χ2n) is 13.6. The first-order valence-corrected chi connectivity index (χ1v) is 17.6. The van der Waals surface area contributed by atoms with Crippen molar-refractivity contribution in [2.24, 2.45) is 23.2 Å². The molecule has 5 rings (SSSR count). The molecule has 1 unspecified atom stereocenters. The second kappa shape index (κ2) is 14.2. The Morgan fingerprint density at radius 3 is 2.26 bits per heavy atom. The van der Waals surface area contributed by atoms with Crippen LogP contribution in [0.2, 0.25) is 0 Å². The second-order valence-corrected chi connectivity index (χ2v) is 15.2. The van der Waals surface area contributed by atoms with Gasteiger partial charge in [0.25, 0.3) is 16.0 Å².